The molecule has 0 atom stereocenters. The Hall–Kier alpha value is -2.16. The van der Waals surface area contributed by atoms with Crippen LogP contribution in [0.25, 0.3) is 5.78 Å². The third-order valence-electron chi connectivity index (χ3n) is 2.58. The van der Waals surface area contributed by atoms with E-state index in [4.69, 9.17) is 0 Å². The van der Waals surface area contributed by atoms with Gasteiger partial charge in [-0.2, -0.15) is 4.98 Å². The molecule has 1 N–H and O–H groups in total. The summed E-state index contributed by atoms with van der Waals surface area (Å²) < 4.78 is 1.54. The zero-order valence-electron chi connectivity index (χ0n) is 9.81. The van der Waals surface area contributed by atoms with Crippen molar-refractivity contribution in [3.8, 4) is 0 Å². The summed E-state index contributed by atoms with van der Waals surface area (Å²) in [6, 6.07) is 1.41. The fourth-order valence-corrected chi connectivity index (χ4v) is 2.39. The minimum atomic E-state index is -0.338. The maximum atomic E-state index is 11.8. The Morgan fingerprint density at radius 1 is 1.53 bits per heavy atom. The number of fused-ring (bicyclic) bond motifs is 1. The molecule has 0 aliphatic carbocycles. The fourth-order valence-electron chi connectivity index (χ4n) is 1.69. The standard InChI is InChI=1S/C10H10N6O2S/c17-7(15-5-3-12-10(15)18)6-19-9-13-8-11-2-1-4-16(8)14-9/h1-2,4H,3,5-6H2,(H,12,18). The highest BCUT2D eigenvalue weighted by Gasteiger charge is 2.26. The molecule has 98 valence electrons. The van der Waals surface area contributed by atoms with Gasteiger partial charge in [-0.15, -0.1) is 5.10 Å². The van der Waals surface area contributed by atoms with Crippen LogP contribution in [-0.2, 0) is 4.79 Å². The first-order chi connectivity index (χ1) is 9.24. The molecule has 3 amide bonds. The number of urea groups is 1. The molecule has 3 rings (SSSR count). The highest BCUT2D eigenvalue weighted by Crippen LogP contribution is 2.14. The lowest BCUT2D eigenvalue weighted by molar-refractivity contribution is -0.124. The van der Waals surface area contributed by atoms with Gasteiger partial charge in [-0.05, 0) is 6.07 Å². The van der Waals surface area contributed by atoms with Crippen LogP contribution < -0.4 is 5.32 Å². The quantitative estimate of drug-likeness (QED) is 0.780. The van der Waals surface area contributed by atoms with Gasteiger partial charge in [-0.3, -0.25) is 9.69 Å². The Balaban J connectivity index is 1.65. The van der Waals surface area contributed by atoms with Gasteiger partial charge in [0.1, 0.15) is 0 Å². The van der Waals surface area contributed by atoms with E-state index >= 15 is 0 Å². The largest absolute Gasteiger partial charge is 0.336 e. The van der Waals surface area contributed by atoms with Crippen molar-refractivity contribution in [3.63, 3.8) is 0 Å². The van der Waals surface area contributed by atoms with Gasteiger partial charge in [0.15, 0.2) is 0 Å². The van der Waals surface area contributed by atoms with Crippen LogP contribution in [0, 0.1) is 0 Å². The summed E-state index contributed by atoms with van der Waals surface area (Å²) in [7, 11) is 0. The number of nitrogens with one attached hydrogen (secondary N) is 1. The number of amides is 3. The van der Waals surface area contributed by atoms with Crippen molar-refractivity contribution in [2.24, 2.45) is 0 Å². The van der Waals surface area contributed by atoms with E-state index in [1.165, 1.54) is 21.2 Å². The van der Waals surface area contributed by atoms with Gasteiger partial charge in [0, 0.05) is 25.5 Å². The Labute approximate surface area is 112 Å². The Morgan fingerprint density at radius 2 is 2.42 bits per heavy atom. The molecule has 0 unspecified atom stereocenters. The smallest absolute Gasteiger partial charge is 0.324 e. The van der Waals surface area contributed by atoms with Gasteiger partial charge in [0.2, 0.25) is 11.1 Å². The molecule has 8 nitrogen and oxygen atoms in total. The van der Waals surface area contributed by atoms with Gasteiger partial charge < -0.3 is 5.32 Å². The first-order valence-electron chi connectivity index (χ1n) is 5.62. The summed E-state index contributed by atoms with van der Waals surface area (Å²) in [6.45, 7) is 0.921. The first-order valence-corrected chi connectivity index (χ1v) is 6.61. The molecular weight excluding hydrogens is 268 g/mol. The topological polar surface area (TPSA) is 92.5 Å². The van der Waals surface area contributed by atoms with Crippen molar-refractivity contribution in [1.29, 1.82) is 0 Å². The lowest BCUT2D eigenvalue weighted by atomic mass is 10.5. The second kappa shape index (κ2) is 4.84. The highest BCUT2D eigenvalue weighted by atomic mass is 32.2. The molecule has 1 aliphatic heterocycles. The molecule has 0 spiro atoms. The lowest BCUT2D eigenvalue weighted by Crippen LogP contribution is -2.35. The van der Waals surface area contributed by atoms with E-state index in [1.54, 1.807) is 18.5 Å². The van der Waals surface area contributed by atoms with E-state index in [0.29, 0.717) is 24.0 Å². The average Bonchev–Trinajstić information content (AvgIpc) is 3.01. The van der Waals surface area contributed by atoms with Crippen LogP contribution in [-0.4, -0.2) is 55.3 Å². The molecule has 3 heterocycles. The lowest BCUT2D eigenvalue weighted by Gasteiger charge is -2.10. The van der Waals surface area contributed by atoms with E-state index in [2.05, 4.69) is 20.4 Å². The summed E-state index contributed by atoms with van der Waals surface area (Å²) in [6.07, 6.45) is 3.35. The first kappa shape index (κ1) is 11.9. The van der Waals surface area contributed by atoms with Gasteiger partial charge in [-0.25, -0.2) is 14.3 Å². The predicted octanol–water partition coefficient (Wildman–Crippen LogP) is -0.232. The molecule has 2 aromatic rings. The summed E-state index contributed by atoms with van der Waals surface area (Å²) >= 11 is 1.19. The molecule has 1 fully saturated rings. The number of hydrogen-bond donors (Lipinski definition) is 1. The van der Waals surface area contributed by atoms with Crippen LogP contribution in [0.15, 0.2) is 23.6 Å². The Bertz CT molecular complexity index is 609. The van der Waals surface area contributed by atoms with Crippen LogP contribution in [0.3, 0.4) is 0 Å². The number of carbonyl (C=O) groups excluding carboxylic acids is 2. The minimum absolute atomic E-state index is 0.129. The van der Waals surface area contributed by atoms with Crippen LogP contribution in [0.4, 0.5) is 4.79 Å². The maximum absolute atomic E-state index is 11.8. The molecular formula is C10H10N6O2S. The second-order valence-electron chi connectivity index (χ2n) is 3.82. The highest BCUT2D eigenvalue weighted by molar-refractivity contribution is 7.99. The number of hydrogen-bond acceptors (Lipinski definition) is 6. The average molecular weight is 278 g/mol. The van der Waals surface area contributed by atoms with Gasteiger partial charge in [-0.1, -0.05) is 11.8 Å². The molecule has 1 saturated heterocycles. The Kier molecular flexibility index (Phi) is 3.03. The van der Waals surface area contributed by atoms with E-state index in [1.807, 2.05) is 0 Å². The van der Waals surface area contributed by atoms with Crippen molar-refractivity contribution in [2.75, 3.05) is 18.8 Å². The Morgan fingerprint density at radius 3 is 3.16 bits per heavy atom. The SMILES string of the molecule is O=C(CSc1nc2ncccn2n1)N1CCNC1=O. The van der Waals surface area contributed by atoms with E-state index in [-0.39, 0.29) is 17.7 Å². The number of thioether (sulfide) groups is 1. The predicted molar refractivity (Wildman–Crippen MR) is 66.6 cm³/mol. The molecule has 0 bridgehead atoms. The van der Waals surface area contributed by atoms with E-state index in [9.17, 15) is 9.59 Å². The normalized spacial score (nSPS) is 14.9. The second-order valence-corrected chi connectivity index (χ2v) is 4.77. The summed E-state index contributed by atoms with van der Waals surface area (Å²) in [5.41, 5.74) is 0. The molecule has 9 heteroatoms. The molecule has 0 aromatic carbocycles. The number of rotatable bonds is 3. The van der Waals surface area contributed by atoms with Crippen LogP contribution in [0.5, 0.6) is 0 Å². The molecule has 1 aliphatic rings. The molecule has 0 saturated carbocycles. The molecule has 19 heavy (non-hydrogen) atoms. The number of aromatic nitrogens is 4. The van der Waals surface area contributed by atoms with Crippen molar-refractivity contribution in [3.05, 3.63) is 18.5 Å². The maximum Gasteiger partial charge on any atom is 0.324 e. The van der Waals surface area contributed by atoms with Gasteiger partial charge >= 0.3 is 6.03 Å². The third kappa shape index (κ3) is 2.36. The minimum Gasteiger partial charge on any atom is -0.336 e. The van der Waals surface area contributed by atoms with Crippen LogP contribution >= 0.6 is 11.8 Å². The summed E-state index contributed by atoms with van der Waals surface area (Å²) in [4.78, 5) is 32.5. The fraction of sp³-hybridized carbons (Fsp3) is 0.300. The zero-order chi connectivity index (χ0) is 13.2. The van der Waals surface area contributed by atoms with Crippen LogP contribution in [0.1, 0.15) is 0 Å². The van der Waals surface area contributed by atoms with E-state index in [0.717, 1.165) is 0 Å². The van der Waals surface area contributed by atoms with Crippen molar-refractivity contribution in [1.82, 2.24) is 29.8 Å². The van der Waals surface area contributed by atoms with Gasteiger partial charge in [0.25, 0.3) is 5.78 Å². The third-order valence-corrected chi connectivity index (χ3v) is 3.40. The molecule has 2 aromatic heterocycles. The summed E-state index contributed by atoms with van der Waals surface area (Å²) in [5, 5.41) is 7.21. The van der Waals surface area contributed by atoms with Crippen molar-refractivity contribution >= 4 is 29.5 Å². The van der Waals surface area contributed by atoms with Crippen molar-refractivity contribution in [2.45, 2.75) is 5.16 Å². The molecule has 0 radical (unpaired) electrons. The zero-order valence-corrected chi connectivity index (χ0v) is 10.6. The number of imide groups is 1. The van der Waals surface area contributed by atoms with E-state index < -0.39 is 0 Å². The van der Waals surface area contributed by atoms with Gasteiger partial charge in [0.05, 0.1) is 5.75 Å². The monoisotopic (exact) mass is 278 g/mol. The summed E-state index contributed by atoms with van der Waals surface area (Å²) in [5.74, 6) is 0.368. The van der Waals surface area contributed by atoms with Crippen molar-refractivity contribution < 1.29 is 9.59 Å². The number of nitrogens with zero attached hydrogens (tertiary/aromatic N) is 5. The number of carbonyl (C=O) groups is 2. The van der Waals surface area contributed by atoms with Crippen LogP contribution in [0.2, 0.25) is 0 Å².